The molecule has 8 heteroatoms. The molecule has 0 unspecified atom stereocenters. The first-order valence-corrected chi connectivity index (χ1v) is 7.45. The molecule has 0 saturated carbocycles. The molecule has 4 nitrogen and oxygen atoms in total. The summed E-state index contributed by atoms with van der Waals surface area (Å²) in [5, 5.41) is -0.0503. The largest absolute Gasteiger partial charge is 0.433 e. The Hall–Kier alpha value is -1.31. The summed E-state index contributed by atoms with van der Waals surface area (Å²) in [6.07, 6.45) is -3.46. The van der Waals surface area contributed by atoms with Gasteiger partial charge >= 0.3 is 6.18 Å². The maximum atomic E-state index is 12.5. The number of hydrogen-bond donors (Lipinski definition) is 0. The van der Waals surface area contributed by atoms with Crippen LogP contribution in [0, 0.1) is 0 Å². The highest BCUT2D eigenvalue weighted by Crippen LogP contribution is 2.28. The third-order valence-corrected chi connectivity index (χ3v) is 3.50. The molecule has 21 heavy (non-hydrogen) atoms. The van der Waals surface area contributed by atoms with Gasteiger partial charge < -0.3 is 4.90 Å². The minimum atomic E-state index is -4.51. The predicted octanol–water partition coefficient (Wildman–Crippen LogP) is 3.23. The Morgan fingerprint density at radius 1 is 1.29 bits per heavy atom. The van der Waals surface area contributed by atoms with Crippen LogP contribution in [0.5, 0.6) is 0 Å². The SMILES string of the molecule is CC(C)N(C(=O)CSc1nccc(C(F)(F)F)n1)C(C)C. The molecule has 1 amide bonds. The average Bonchev–Trinajstić information content (AvgIpc) is 2.35. The molecule has 0 aliphatic carbocycles. The van der Waals surface area contributed by atoms with Crippen molar-refractivity contribution >= 4 is 17.7 Å². The quantitative estimate of drug-likeness (QED) is 0.617. The number of halogens is 3. The van der Waals surface area contributed by atoms with Crippen molar-refractivity contribution in [1.29, 1.82) is 0 Å². The van der Waals surface area contributed by atoms with E-state index in [4.69, 9.17) is 0 Å². The van der Waals surface area contributed by atoms with Crippen LogP contribution in [0.25, 0.3) is 0 Å². The summed E-state index contributed by atoms with van der Waals surface area (Å²) in [5.74, 6) is -0.136. The zero-order chi connectivity index (χ0) is 16.2. The van der Waals surface area contributed by atoms with Crippen molar-refractivity contribution in [3.8, 4) is 0 Å². The summed E-state index contributed by atoms with van der Waals surface area (Å²) in [5.41, 5.74) is -1.00. The number of aromatic nitrogens is 2. The van der Waals surface area contributed by atoms with Gasteiger partial charge in [-0.25, -0.2) is 9.97 Å². The summed E-state index contributed by atoms with van der Waals surface area (Å²) in [6.45, 7) is 7.57. The van der Waals surface area contributed by atoms with E-state index in [1.807, 2.05) is 27.7 Å². The molecule has 0 saturated heterocycles. The highest BCUT2D eigenvalue weighted by molar-refractivity contribution is 7.99. The molecular weight excluding hydrogens is 303 g/mol. The van der Waals surface area contributed by atoms with Gasteiger partial charge in [0.15, 0.2) is 5.16 Å². The van der Waals surface area contributed by atoms with Gasteiger partial charge in [-0.2, -0.15) is 13.2 Å². The lowest BCUT2D eigenvalue weighted by Crippen LogP contribution is -2.43. The molecule has 118 valence electrons. The Balaban J connectivity index is 2.73. The number of rotatable bonds is 5. The first-order chi connectivity index (χ1) is 9.62. The maximum Gasteiger partial charge on any atom is 0.433 e. The molecule has 0 atom stereocenters. The smallest absolute Gasteiger partial charge is 0.337 e. The van der Waals surface area contributed by atoms with Crippen molar-refractivity contribution in [2.75, 3.05) is 5.75 Å². The average molecular weight is 321 g/mol. The zero-order valence-corrected chi connectivity index (χ0v) is 13.1. The number of nitrogens with zero attached hydrogens (tertiary/aromatic N) is 3. The van der Waals surface area contributed by atoms with Gasteiger partial charge in [0.05, 0.1) is 5.75 Å². The number of thioether (sulfide) groups is 1. The van der Waals surface area contributed by atoms with Crippen molar-refractivity contribution in [2.45, 2.75) is 51.1 Å². The predicted molar refractivity (Wildman–Crippen MR) is 74.9 cm³/mol. The molecule has 0 fully saturated rings. The van der Waals surface area contributed by atoms with Crippen molar-refractivity contribution in [2.24, 2.45) is 0 Å². The Morgan fingerprint density at radius 3 is 2.33 bits per heavy atom. The van der Waals surface area contributed by atoms with Crippen LogP contribution in [-0.2, 0) is 11.0 Å². The Labute approximate surface area is 126 Å². The molecule has 0 aliphatic heterocycles. The maximum absolute atomic E-state index is 12.5. The van der Waals surface area contributed by atoms with Crippen LogP contribution in [0.1, 0.15) is 33.4 Å². The molecular formula is C13H18F3N3OS. The third-order valence-electron chi connectivity index (χ3n) is 2.65. The van der Waals surface area contributed by atoms with Gasteiger partial charge in [0.1, 0.15) is 5.69 Å². The van der Waals surface area contributed by atoms with Crippen LogP contribution in [0.15, 0.2) is 17.4 Å². The Kier molecular flexibility index (Phi) is 6.00. The number of carbonyl (C=O) groups is 1. The lowest BCUT2D eigenvalue weighted by Gasteiger charge is -2.30. The van der Waals surface area contributed by atoms with Crippen molar-refractivity contribution < 1.29 is 18.0 Å². The molecule has 0 N–H and O–H groups in total. The molecule has 1 aromatic heterocycles. The number of alkyl halides is 3. The van der Waals surface area contributed by atoms with E-state index in [-0.39, 0.29) is 28.9 Å². The van der Waals surface area contributed by atoms with Crippen LogP contribution >= 0.6 is 11.8 Å². The fourth-order valence-electron chi connectivity index (χ4n) is 1.94. The molecule has 0 aromatic carbocycles. The van der Waals surface area contributed by atoms with E-state index in [2.05, 4.69) is 9.97 Å². The van der Waals surface area contributed by atoms with E-state index < -0.39 is 11.9 Å². The van der Waals surface area contributed by atoms with E-state index in [9.17, 15) is 18.0 Å². The van der Waals surface area contributed by atoms with Gasteiger partial charge in [-0.15, -0.1) is 0 Å². The van der Waals surface area contributed by atoms with E-state index in [1.165, 1.54) is 0 Å². The van der Waals surface area contributed by atoms with Crippen molar-refractivity contribution in [3.05, 3.63) is 18.0 Å². The Bertz CT molecular complexity index is 484. The number of carbonyl (C=O) groups excluding carboxylic acids is 1. The van der Waals surface area contributed by atoms with Gasteiger partial charge in [0.25, 0.3) is 0 Å². The van der Waals surface area contributed by atoms with Gasteiger partial charge in [0, 0.05) is 18.3 Å². The van der Waals surface area contributed by atoms with E-state index >= 15 is 0 Å². The van der Waals surface area contributed by atoms with Crippen LogP contribution in [0.2, 0.25) is 0 Å². The highest BCUT2D eigenvalue weighted by Gasteiger charge is 2.32. The second-order valence-corrected chi connectivity index (χ2v) is 5.94. The first kappa shape index (κ1) is 17.7. The molecule has 0 aliphatic rings. The minimum absolute atomic E-state index is 0.0116. The lowest BCUT2D eigenvalue weighted by atomic mass is 10.2. The number of hydrogen-bond acceptors (Lipinski definition) is 4. The summed E-state index contributed by atoms with van der Waals surface area (Å²) < 4.78 is 37.6. The van der Waals surface area contributed by atoms with Crippen LogP contribution in [0.4, 0.5) is 13.2 Å². The molecule has 1 aromatic rings. The van der Waals surface area contributed by atoms with Gasteiger partial charge in [-0.3, -0.25) is 4.79 Å². The summed E-state index contributed by atoms with van der Waals surface area (Å²) >= 11 is 0.909. The number of amides is 1. The van der Waals surface area contributed by atoms with E-state index in [1.54, 1.807) is 4.90 Å². The van der Waals surface area contributed by atoms with Gasteiger partial charge in [0.2, 0.25) is 5.91 Å². The summed E-state index contributed by atoms with van der Waals surface area (Å²) in [4.78, 5) is 21.0. The fourth-order valence-corrected chi connectivity index (χ4v) is 2.64. The Morgan fingerprint density at radius 2 is 1.86 bits per heavy atom. The van der Waals surface area contributed by atoms with Crippen molar-refractivity contribution in [3.63, 3.8) is 0 Å². The fraction of sp³-hybridized carbons (Fsp3) is 0.615. The monoisotopic (exact) mass is 321 g/mol. The van der Waals surface area contributed by atoms with Gasteiger partial charge in [-0.1, -0.05) is 11.8 Å². The van der Waals surface area contributed by atoms with E-state index in [0.717, 1.165) is 24.0 Å². The lowest BCUT2D eigenvalue weighted by molar-refractivity contribution is -0.141. The second kappa shape index (κ2) is 7.11. The zero-order valence-electron chi connectivity index (χ0n) is 12.3. The minimum Gasteiger partial charge on any atom is -0.337 e. The van der Waals surface area contributed by atoms with E-state index in [0.29, 0.717) is 0 Å². The van der Waals surface area contributed by atoms with Crippen LogP contribution in [0.3, 0.4) is 0 Å². The third kappa shape index (κ3) is 5.18. The molecule has 0 radical (unpaired) electrons. The summed E-state index contributed by atoms with van der Waals surface area (Å²) in [7, 11) is 0. The van der Waals surface area contributed by atoms with Crippen molar-refractivity contribution in [1.82, 2.24) is 14.9 Å². The summed E-state index contributed by atoms with van der Waals surface area (Å²) in [6, 6.07) is 0.863. The molecule has 0 spiro atoms. The second-order valence-electron chi connectivity index (χ2n) is 5.00. The topological polar surface area (TPSA) is 46.1 Å². The molecule has 1 heterocycles. The standard InChI is InChI=1S/C13H18F3N3OS/c1-8(2)19(9(3)4)11(20)7-21-12-17-6-5-10(18-12)13(14,15)16/h5-6,8-9H,7H2,1-4H3. The molecule has 1 rings (SSSR count). The van der Waals surface area contributed by atoms with Gasteiger partial charge in [-0.05, 0) is 33.8 Å². The van der Waals surface area contributed by atoms with Crippen LogP contribution in [-0.4, -0.2) is 38.6 Å². The van der Waals surface area contributed by atoms with Crippen LogP contribution < -0.4 is 0 Å². The first-order valence-electron chi connectivity index (χ1n) is 6.47. The normalized spacial score (nSPS) is 12.0. The molecule has 0 bridgehead atoms. The highest BCUT2D eigenvalue weighted by atomic mass is 32.2.